The van der Waals surface area contributed by atoms with Crippen molar-refractivity contribution in [2.45, 2.75) is 62.2 Å². The number of rotatable bonds is 5. The Morgan fingerprint density at radius 1 is 1.24 bits per heavy atom. The van der Waals surface area contributed by atoms with Crippen LogP contribution >= 0.6 is 0 Å². The van der Waals surface area contributed by atoms with Crippen molar-refractivity contribution in [3.63, 3.8) is 0 Å². The largest absolute Gasteiger partial charge is 0.469 e. The molecule has 0 aliphatic heterocycles. The van der Waals surface area contributed by atoms with Crippen molar-refractivity contribution >= 4 is 16.0 Å². The van der Waals surface area contributed by atoms with Gasteiger partial charge in [-0.25, -0.2) is 13.1 Å². The Kier molecular flexibility index (Phi) is 5.27. The molecule has 0 aromatic carbocycles. The van der Waals surface area contributed by atoms with Crippen LogP contribution in [-0.2, 0) is 19.6 Å². The van der Waals surface area contributed by atoms with E-state index < -0.39 is 32.7 Å². The van der Waals surface area contributed by atoms with Crippen LogP contribution < -0.4 is 4.72 Å². The van der Waals surface area contributed by atoms with Crippen LogP contribution in [0, 0.1) is 5.92 Å². The lowest BCUT2D eigenvalue weighted by Gasteiger charge is -2.37. The molecule has 0 heterocycles. The lowest BCUT2D eigenvalue weighted by Crippen LogP contribution is -2.55. The van der Waals surface area contributed by atoms with Crippen LogP contribution in [0.1, 0.15) is 51.4 Å². The second-order valence-electron chi connectivity index (χ2n) is 6.25. The molecule has 2 atom stereocenters. The molecule has 2 saturated carbocycles. The minimum Gasteiger partial charge on any atom is -0.469 e. The summed E-state index contributed by atoms with van der Waals surface area (Å²) < 4.78 is 32.8. The highest BCUT2D eigenvalue weighted by molar-refractivity contribution is 7.90. The van der Waals surface area contributed by atoms with Gasteiger partial charge in [-0.3, -0.25) is 4.79 Å². The molecule has 0 bridgehead atoms. The molecular weight excluding hydrogens is 294 g/mol. The summed E-state index contributed by atoms with van der Waals surface area (Å²) in [5.74, 6) is -1.04. The predicted molar refractivity (Wildman–Crippen MR) is 78.1 cm³/mol. The van der Waals surface area contributed by atoms with Crippen molar-refractivity contribution in [2.24, 2.45) is 5.92 Å². The average molecular weight is 319 g/mol. The van der Waals surface area contributed by atoms with Crippen LogP contribution in [0.4, 0.5) is 0 Å². The summed E-state index contributed by atoms with van der Waals surface area (Å²) in [6.45, 7) is -0.193. The number of hydrogen-bond acceptors (Lipinski definition) is 5. The minimum atomic E-state index is -3.65. The maximum atomic E-state index is 12.7. The van der Waals surface area contributed by atoms with Gasteiger partial charge in [-0.2, -0.15) is 0 Å². The van der Waals surface area contributed by atoms with E-state index in [1.165, 1.54) is 7.11 Å². The number of carbonyl (C=O) groups excluding carboxylic acids is 1. The van der Waals surface area contributed by atoms with Gasteiger partial charge in [0.2, 0.25) is 10.0 Å². The molecule has 0 radical (unpaired) electrons. The van der Waals surface area contributed by atoms with Gasteiger partial charge in [0.15, 0.2) is 0 Å². The topological polar surface area (TPSA) is 92.7 Å². The van der Waals surface area contributed by atoms with E-state index in [1.807, 2.05) is 0 Å². The maximum absolute atomic E-state index is 12.7. The summed E-state index contributed by atoms with van der Waals surface area (Å²) in [5.41, 5.74) is -0.750. The molecular formula is C14H25NO5S. The van der Waals surface area contributed by atoms with Crippen molar-refractivity contribution < 1.29 is 23.1 Å². The van der Waals surface area contributed by atoms with Crippen LogP contribution in [0.3, 0.4) is 0 Å². The van der Waals surface area contributed by atoms with E-state index in [-0.39, 0.29) is 6.61 Å². The van der Waals surface area contributed by atoms with E-state index in [9.17, 15) is 18.3 Å². The third-order valence-electron chi connectivity index (χ3n) is 4.83. The molecule has 21 heavy (non-hydrogen) atoms. The van der Waals surface area contributed by atoms with Gasteiger partial charge in [-0.1, -0.05) is 25.7 Å². The number of aliphatic hydroxyl groups excluding tert-OH is 1. The van der Waals surface area contributed by atoms with Gasteiger partial charge in [0.25, 0.3) is 0 Å². The minimum absolute atomic E-state index is 0.193. The molecule has 2 unspecified atom stereocenters. The van der Waals surface area contributed by atoms with Gasteiger partial charge in [0, 0.05) is 0 Å². The van der Waals surface area contributed by atoms with E-state index in [2.05, 4.69) is 4.72 Å². The third-order valence-corrected chi connectivity index (χ3v) is 6.91. The summed E-state index contributed by atoms with van der Waals surface area (Å²) in [7, 11) is -2.36. The third kappa shape index (κ3) is 3.57. The number of carbonyl (C=O) groups is 1. The summed E-state index contributed by atoms with van der Waals surface area (Å²) >= 11 is 0. The highest BCUT2D eigenvalue weighted by Gasteiger charge is 2.45. The van der Waals surface area contributed by atoms with Crippen LogP contribution in [0.2, 0.25) is 0 Å². The summed E-state index contributed by atoms with van der Waals surface area (Å²) in [6, 6.07) is 0. The molecule has 2 aliphatic carbocycles. The molecule has 0 aromatic rings. The fraction of sp³-hybridized carbons (Fsp3) is 0.929. The van der Waals surface area contributed by atoms with Gasteiger partial charge in [0.1, 0.15) is 0 Å². The number of hydrogen-bond donors (Lipinski definition) is 2. The van der Waals surface area contributed by atoms with Crippen molar-refractivity contribution in [1.82, 2.24) is 4.72 Å². The molecule has 0 saturated heterocycles. The summed E-state index contributed by atoms with van der Waals surface area (Å²) in [6.07, 6.45) is 5.91. The average Bonchev–Trinajstić information content (AvgIpc) is 2.97. The number of aliphatic hydroxyl groups is 1. The molecule has 0 spiro atoms. The Morgan fingerprint density at radius 3 is 2.48 bits per heavy atom. The van der Waals surface area contributed by atoms with Crippen LogP contribution in [0.15, 0.2) is 0 Å². The van der Waals surface area contributed by atoms with E-state index >= 15 is 0 Å². The predicted octanol–water partition coefficient (Wildman–Crippen LogP) is 0.943. The van der Waals surface area contributed by atoms with Gasteiger partial charge in [0.05, 0.1) is 30.4 Å². The highest BCUT2D eigenvalue weighted by atomic mass is 32.2. The van der Waals surface area contributed by atoms with Gasteiger partial charge < -0.3 is 9.84 Å². The summed E-state index contributed by atoms with van der Waals surface area (Å²) in [5, 5.41) is 8.91. The number of esters is 1. The quantitative estimate of drug-likeness (QED) is 0.736. The van der Waals surface area contributed by atoms with Crippen molar-refractivity contribution in [3.8, 4) is 0 Å². The molecule has 6 nitrogen and oxygen atoms in total. The lowest BCUT2D eigenvalue weighted by molar-refractivity contribution is -0.145. The van der Waals surface area contributed by atoms with E-state index in [0.29, 0.717) is 32.1 Å². The standard InChI is InChI=1S/C14H25NO5S/c1-20-13(17)11-6-5-7-12(11)21(18,19)15-14(10-16)8-3-2-4-9-14/h11-12,15-16H,2-10H2,1H3. The smallest absolute Gasteiger partial charge is 0.310 e. The molecule has 0 amide bonds. The first-order valence-corrected chi connectivity index (χ1v) is 9.20. The second-order valence-corrected chi connectivity index (χ2v) is 8.14. The molecule has 2 aliphatic rings. The molecule has 0 aromatic heterocycles. The molecule has 7 heteroatoms. The number of sulfonamides is 1. The molecule has 2 rings (SSSR count). The fourth-order valence-electron chi connectivity index (χ4n) is 3.62. The monoisotopic (exact) mass is 319 g/mol. The second kappa shape index (κ2) is 6.62. The van der Waals surface area contributed by atoms with E-state index in [4.69, 9.17) is 4.74 Å². The van der Waals surface area contributed by atoms with Crippen molar-refractivity contribution in [2.75, 3.05) is 13.7 Å². The van der Waals surface area contributed by atoms with Crippen molar-refractivity contribution in [1.29, 1.82) is 0 Å². The zero-order valence-corrected chi connectivity index (χ0v) is 13.3. The Morgan fingerprint density at radius 2 is 1.90 bits per heavy atom. The lowest BCUT2D eigenvalue weighted by atomic mass is 9.83. The molecule has 2 fully saturated rings. The Bertz CT molecular complexity index is 470. The maximum Gasteiger partial charge on any atom is 0.310 e. The van der Waals surface area contributed by atoms with Gasteiger partial charge in [-0.15, -0.1) is 0 Å². The van der Waals surface area contributed by atoms with Crippen molar-refractivity contribution in [3.05, 3.63) is 0 Å². The Labute approximate surface area is 126 Å². The first-order valence-electron chi connectivity index (χ1n) is 7.66. The van der Waals surface area contributed by atoms with Crippen LogP contribution in [0.25, 0.3) is 0 Å². The Balaban J connectivity index is 2.15. The zero-order valence-electron chi connectivity index (χ0n) is 12.5. The summed E-state index contributed by atoms with van der Waals surface area (Å²) in [4.78, 5) is 11.7. The van der Waals surface area contributed by atoms with Crippen LogP contribution in [-0.4, -0.2) is 44.0 Å². The van der Waals surface area contributed by atoms with E-state index in [0.717, 1.165) is 19.3 Å². The first kappa shape index (κ1) is 16.7. The SMILES string of the molecule is COC(=O)C1CCCC1S(=O)(=O)NC1(CO)CCCCC1. The number of methoxy groups -OCH3 is 1. The molecule has 2 N–H and O–H groups in total. The zero-order chi connectivity index (χ0) is 15.5. The normalized spacial score (nSPS) is 29.2. The Hall–Kier alpha value is -0.660. The van der Waals surface area contributed by atoms with Gasteiger partial charge >= 0.3 is 5.97 Å². The van der Waals surface area contributed by atoms with Gasteiger partial charge in [-0.05, 0) is 25.7 Å². The number of nitrogens with one attached hydrogen (secondary N) is 1. The molecule has 122 valence electrons. The fourth-order valence-corrected chi connectivity index (χ4v) is 5.80. The van der Waals surface area contributed by atoms with Crippen LogP contribution in [0.5, 0.6) is 0 Å². The first-order chi connectivity index (χ1) is 9.94. The van der Waals surface area contributed by atoms with E-state index in [1.54, 1.807) is 0 Å². The number of ether oxygens (including phenoxy) is 1. The highest BCUT2D eigenvalue weighted by Crippen LogP contribution is 2.35.